The fraction of sp³-hybridized carbons (Fsp3) is 0.688. The molecule has 0 saturated heterocycles. The first-order valence-electron chi connectivity index (χ1n) is 7.69. The van der Waals surface area contributed by atoms with Crippen molar-refractivity contribution < 1.29 is 5.11 Å². The Morgan fingerprint density at radius 1 is 1.10 bits per heavy atom. The molecule has 1 aromatic heterocycles. The number of hydrogen-bond donors (Lipinski definition) is 1. The van der Waals surface area contributed by atoms with Crippen LogP contribution in [0.4, 0.5) is 5.69 Å². The Balaban J connectivity index is 2.68. The van der Waals surface area contributed by atoms with Crippen molar-refractivity contribution in [2.75, 3.05) is 37.6 Å². The predicted molar refractivity (Wildman–Crippen MR) is 85.2 cm³/mol. The minimum absolute atomic E-state index is 0.0508. The number of aromatic nitrogens is 1. The van der Waals surface area contributed by atoms with E-state index in [2.05, 4.69) is 41.6 Å². The zero-order valence-electron chi connectivity index (χ0n) is 13.4. The van der Waals surface area contributed by atoms with Crippen molar-refractivity contribution in [2.45, 2.75) is 40.7 Å². The van der Waals surface area contributed by atoms with Crippen LogP contribution in [0.2, 0.25) is 0 Å². The van der Waals surface area contributed by atoms with Gasteiger partial charge in [0, 0.05) is 36.2 Å². The Kier molecular flexibility index (Phi) is 7.55. The van der Waals surface area contributed by atoms with Crippen LogP contribution in [0.5, 0.6) is 0 Å². The van der Waals surface area contributed by atoms with Crippen LogP contribution in [0.25, 0.3) is 0 Å². The van der Waals surface area contributed by atoms with Crippen molar-refractivity contribution in [3.63, 3.8) is 0 Å². The Labute approximate surface area is 123 Å². The molecule has 0 atom stereocenters. The highest BCUT2D eigenvalue weighted by molar-refractivity contribution is 5.53. The van der Waals surface area contributed by atoms with Gasteiger partial charge in [0.2, 0.25) is 0 Å². The summed E-state index contributed by atoms with van der Waals surface area (Å²) in [6.45, 7) is 13.9. The quantitative estimate of drug-likeness (QED) is 0.753. The van der Waals surface area contributed by atoms with Gasteiger partial charge in [-0.2, -0.15) is 0 Å². The summed E-state index contributed by atoms with van der Waals surface area (Å²) in [6, 6.07) is 2.08. The molecule has 0 amide bonds. The molecule has 20 heavy (non-hydrogen) atoms. The monoisotopic (exact) mass is 279 g/mol. The van der Waals surface area contributed by atoms with Crippen LogP contribution in [0, 0.1) is 6.92 Å². The maximum atomic E-state index is 9.47. The van der Waals surface area contributed by atoms with Crippen molar-refractivity contribution in [3.8, 4) is 0 Å². The van der Waals surface area contributed by atoms with Crippen molar-refractivity contribution in [1.29, 1.82) is 0 Å². The third-order valence-electron chi connectivity index (χ3n) is 3.79. The average Bonchev–Trinajstić information content (AvgIpc) is 2.47. The molecule has 0 fully saturated rings. The number of nitrogens with zero attached hydrogens (tertiary/aromatic N) is 3. The second kappa shape index (κ2) is 8.93. The molecule has 114 valence electrons. The van der Waals surface area contributed by atoms with Crippen LogP contribution < -0.4 is 4.90 Å². The summed E-state index contributed by atoms with van der Waals surface area (Å²) in [5, 5.41) is 9.47. The maximum Gasteiger partial charge on any atom is 0.0717 e. The molecule has 0 saturated carbocycles. The average molecular weight is 279 g/mol. The zero-order chi connectivity index (χ0) is 15.0. The van der Waals surface area contributed by atoms with Crippen LogP contribution in [0.15, 0.2) is 12.3 Å². The molecule has 0 aromatic carbocycles. The van der Waals surface area contributed by atoms with E-state index in [0.717, 1.165) is 56.1 Å². The molecule has 1 aromatic rings. The van der Waals surface area contributed by atoms with Crippen LogP contribution >= 0.6 is 0 Å². The fourth-order valence-electron chi connectivity index (χ4n) is 2.46. The van der Waals surface area contributed by atoms with Gasteiger partial charge in [-0.15, -0.1) is 0 Å². The van der Waals surface area contributed by atoms with E-state index < -0.39 is 0 Å². The van der Waals surface area contributed by atoms with E-state index in [4.69, 9.17) is 0 Å². The van der Waals surface area contributed by atoms with E-state index in [1.54, 1.807) is 6.20 Å². The lowest BCUT2D eigenvalue weighted by Gasteiger charge is -2.27. The topological polar surface area (TPSA) is 39.6 Å². The number of aliphatic hydroxyl groups excluding tert-OH is 1. The lowest BCUT2D eigenvalue weighted by Crippen LogP contribution is -2.30. The van der Waals surface area contributed by atoms with E-state index in [0.29, 0.717) is 0 Å². The number of aryl methyl sites for hydroxylation is 1. The second-order valence-electron chi connectivity index (χ2n) is 5.07. The van der Waals surface area contributed by atoms with Gasteiger partial charge in [-0.3, -0.25) is 4.98 Å². The number of anilines is 1. The first-order valence-corrected chi connectivity index (χ1v) is 7.69. The zero-order valence-corrected chi connectivity index (χ0v) is 13.4. The fourth-order valence-corrected chi connectivity index (χ4v) is 2.46. The van der Waals surface area contributed by atoms with Crippen molar-refractivity contribution in [3.05, 3.63) is 23.5 Å². The van der Waals surface area contributed by atoms with Crippen LogP contribution in [-0.2, 0) is 6.61 Å². The largest absolute Gasteiger partial charge is 0.392 e. The summed E-state index contributed by atoms with van der Waals surface area (Å²) < 4.78 is 0. The summed E-state index contributed by atoms with van der Waals surface area (Å²) in [4.78, 5) is 9.05. The maximum absolute atomic E-state index is 9.47. The summed E-state index contributed by atoms with van der Waals surface area (Å²) in [5.41, 5.74) is 3.04. The highest BCUT2D eigenvalue weighted by atomic mass is 16.3. The highest BCUT2D eigenvalue weighted by Gasteiger charge is 2.10. The Hall–Kier alpha value is -1.13. The van der Waals surface area contributed by atoms with Gasteiger partial charge in [0.25, 0.3) is 0 Å². The van der Waals surface area contributed by atoms with Crippen molar-refractivity contribution in [2.24, 2.45) is 0 Å². The summed E-state index contributed by atoms with van der Waals surface area (Å²) >= 11 is 0. The van der Waals surface area contributed by atoms with Crippen LogP contribution in [0.1, 0.15) is 38.4 Å². The number of rotatable bonds is 9. The van der Waals surface area contributed by atoms with E-state index in [1.165, 1.54) is 0 Å². The van der Waals surface area contributed by atoms with Gasteiger partial charge in [-0.25, -0.2) is 0 Å². The Bertz CT molecular complexity index is 391. The van der Waals surface area contributed by atoms with E-state index in [-0.39, 0.29) is 6.61 Å². The van der Waals surface area contributed by atoms with Crippen molar-refractivity contribution in [1.82, 2.24) is 9.88 Å². The molecule has 0 spiro atoms. The smallest absolute Gasteiger partial charge is 0.0717 e. The van der Waals surface area contributed by atoms with Gasteiger partial charge in [-0.05, 0) is 46.0 Å². The highest BCUT2D eigenvalue weighted by Crippen LogP contribution is 2.21. The van der Waals surface area contributed by atoms with Gasteiger partial charge in [-0.1, -0.05) is 13.8 Å². The third kappa shape index (κ3) is 4.76. The van der Waals surface area contributed by atoms with Gasteiger partial charge in [0.05, 0.1) is 6.61 Å². The van der Waals surface area contributed by atoms with Crippen LogP contribution in [-0.4, -0.2) is 47.7 Å². The van der Waals surface area contributed by atoms with E-state index in [1.807, 2.05) is 6.92 Å². The lowest BCUT2D eigenvalue weighted by molar-refractivity contribution is 0.281. The molecule has 1 heterocycles. The molecule has 1 N–H and O–H groups in total. The SMILES string of the molecule is CCN(CC)CCCN(CC)c1cc(C)ncc1CO. The first kappa shape index (κ1) is 16.9. The number of hydrogen-bond acceptors (Lipinski definition) is 4. The number of aliphatic hydroxyl groups is 1. The molecule has 0 aliphatic rings. The van der Waals surface area contributed by atoms with Gasteiger partial charge >= 0.3 is 0 Å². The van der Waals surface area contributed by atoms with Crippen molar-refractivity contribution >= 4 is 5.69 Å². The Morgan fingerprint density at radius 2 is 1.80 bits per heavy atom. The second-order valence-corrected chi connectivity index (χ2v) is 5.07. The first-order chi connectivity index (χ1) is 9.65. The lowest BCUT2D eigenvalue weighted by atomic mass is 10.2. The van der Waals surface area contributed by atoms with Gasteiger partial charge in [0.1, 0.15) is 0 Å². The summed E-state index contributed by atoms with van der Waals surface area (Å²) in [6.07, 6.45) is 2.93. The molecule has 4 nitrogen and oxygen atoms in total. The standard InChI is InChI=1S/C16H29N3O/c1-5-18(6-2)9-8-10-19(7-3)16-11-14(4)17-12-15(16)13-20/h11-12,20H,5-10,13H2,1-4H3. The predicted octanol–water partition coefficient (Wildman–Crippen LogP) is 2.44. The molecular weight excluding hydrogens is 250 g/mol. The molecule has 0 aliphatic carbocycles. The van der Waals surface area contributed by atoms with Crippen LogP contribution in [0.3, 0.4) is 0 Å². The number of pyridine rings is 1. The van der Waals surface area contributed by atoms with Gasteiger partial charge < -0.3 is 14.9 Å². The normalized spacial score (nSPS) is 11.1. The summed E-state index contributed by atoms with van der Waals surface area (Å²) in [5.74, 6) is 0. The molecular formula is C16H29N3O. The third-order valence-corrected chi connectivity index (χ3v) is 3.79. The van der Waals surface area contributed by atoms with Gasteiger partial charge in [0.15, 0.2) is 0 Å². The molecule has 4 heteroatoms. The minimum atomic E-state index is 0.0508. The molecule has 1 rings (SSSR count). The van der Waals surface area contributed by atoms with E-state index in [9.17, 15) is 5.11 Å². The molecule has 0 bridgehead atoms. The minimum Gasteiger partial charge on any atom is -0.392 e. The molecule has 0 aliphatic heterocycles. The summed E-state index contributed by atoms with van der Waals surface area (Å²) in [7, 11) is 0. The molecule has 0 radical (unpaired) electrons. The Morgan fingerprint density at radius 3 is 2.35 bits per heavy atom. The molecule has 0 unspecified atom stereocenters. The van der Waals surface area contributed by atoms with E-state index >= 15 is 0 Å².